The van der Waals surface area contributed by atoms with E-state index in [0.29, 0.717) is 28.1 Å². The number of hydrogen-bond donors (Lipinski definition) is 2. The summed E-state index contributed by atoms with van der Waals surface area (Å²) in [7, 11) is -3.66. The number of halogens is 1. The van der Waals surface area contributed by atoms with Gasteiger partial charge in [-0.25, -0.2) is 22.8 Å². The number of sulfonamides is 1. The molecule has 12 heteroatoms. The predicted octanol–water partition coefficient (Wildman–Crippen LogP) is 4.53. The Morgan fingerprint density at radius 1 is 1.21 bits per heavy atom. The molecule has 3 aromatic rings. The Labute approximate surface area is 226 Å². The molecule has 206 valence electrons. The standard InChI is InChI=1S/C27H29FN4O6S/c1-16(2)24-22(25(17-6-8-19(28)9-7-17)31-27(30-24)32-39(3,35)36)11-10-20-13-21(14-23(33)34)38-26(37-20)18-5-4-12-29-15-18/h4-12,15-16,20-21,26H,13-14H2,1-3H3,(H,33,34)(H,30,31,32)/b11-10+/t20-,21-,26?/m1/s1. The van der Waals surface area contributed by atoms with Gasteiger partial charge in [-0.3, -0.25) is 14.5 Å². The van der Waals surface area contributed by atoms with Gasteiger partial charge in [-0.05, 0) is 36.2 Å². The number of carbonyl (C=O) groups is 1. The van der Waals surface area contributed by atoms with Gasteiger partial charge in [-0.2, -0.15) is 0 Å². The fourth-order valence-corrected chi connectivity index (χ4v) is 4.62. The van der Waals surface area contributed by atoms with E-state index in [2.05, 4.69) is 19.7 Å². The zero-order chi connectivity index (χ0) is 28.2. The van der Waals surface area contributed by atoms with Crippen LogP contribution in [0.3, 0.4) is 0 Å². The van der Waals surface area contributed by atoms with Gasteiger partial charge in [0.05, 0.1) is 36.3 Å². The fourth-order valence-electron chi connectivity index (χ4n) is 4.19. The second-order valence-corrected chi connectivity index (χ2v) is 11.2. The number of rotatable bonds is 9. The molecule has 1 fully saturated rings. The van der Waals surface area contributed by atoms with E-state index in [4.69, 9.17) is 9.47 Å². The Bertz CT molecular complexity index is 1450. The van der Waals surface area contributed by atoms with Crippen LogP contribution in [-0.2, 0) is 24.3 Å². The van der Waals surface area contributed by atoms with Crippen LogP contribution in [0.4, 0.5) is 10.3 Å². The van der Waals surface area contributed by atoms with Gasteiger partial charge in [-0.1, -0.05) is 32.1 Å². The molecule has 2 aromatic heterocycles. The minimum Gasteiger partial charge on any atom is -0.481 e. The summed E-state index contributed by atoms with van der Waals surface area (Å²) in [6.45, 7) is 3.81. The lowest BCUT2D eigenvalue weighted by molar-refractivity contribution is -0.238. The Balaban J connectivity index is 1.76. The monoisotopic (exact) mass is 556 g/mol. The molecule has 0 amide bonds. The number of nitrogens with zero attached hydrogens (tertiary/aromatic N) is 3. The molecule has 1 aromatic carbocycles. The van der Waals surface area contributed by atoms with Crippen molar-refractivity contribution in [3.05, 3.63) is 77.5 Å². The number of ether oxygens (including phenoxy) is 2. The van der Waals surface area contributed by atoms with Gasteiger partial charge in [0.25, 0.3) is 0 Å². The number of carboxylic acid groups (broad SMARTS) is 1. The molecular weight excluding hydrogens is 527 g/mol. The van der Waals surface area contributed by atoms with Gasteiger partial charge in [0.2, 0.25) is 16.0 Å². The number of aliphatic carboxylic acids is 1. The second kappa shape index (κ2) is 12.0. The van der Waals surface area contributed by atoms with Gasteiger partial charge in [0.15, 0.2) is 6.29 Å². The minimum atomic E-state index is -3.66. The molecule has 0 bridgehead atoms. The summed E-state index contributed by atoms with van der Waals surface area (Å²) in [5, 5.41) is 9.36. The predicted molar refractivity (Wildman–Crippen MR) is 143 cm³/mol. The van der Waals surface area contributed by atoms with Crippen LogP contribution >= 0.6 is 0 Å². The van der Waals surface area contributed by atoms with E-state index >= 15 is 0 Å². The summed E-state index contributed by atoms with van der Waals surface area (Å²) in [6.07, 6.45) is 5.92. The summed E-state index contributed by atoms with van der Waals surface area (Å²) in [4.78, 5) is 24.4. The normalized spacial score (nSPS) is 19.9. The first kappa shape index (κ1) is 28.3. The molecule has 1 saturated heterocycles. The van der Waals surface area contributed by atoms with Crippen molar-refractivity contribution in [2.45, 2.75) is 51.1 Å². The summed E-state index contributed by atoms with van der Waals surface area (Å²) in [5.41, 5.74) is 2.76. The van der Waals surface area contributed by atoms with E-state index in [9.17, 15) is 22.7 Å². The quantitative estimate of drug-likeness (QED) is 0.389. The van der Waals surface area contributed by atoms with Gasteiger partial charge < -0.3 is 14.6 Å². The number of hydrogen-bond acceptors (Lipinski definition) is 8. The summed E-state index contributed by atoms with van der Waals surface area (Å²) >= 11 is 0. The maximum Gasteiger partial charge on any atom is 0.305 e. The lowest BCUT2D eigenvalue weighted by Crippen LogP contribution is -2.34. The summed E-state index contributed by atoms with van der Waals surface area (Å²) in [5.74, 6) is -1.65. The third-order valence-corrected chi connectivity index (χ3v) is 6.42. The van der Waals surface area contributed by atoms with Crippen LogP contribution in [0.15, 0.2) is 54.9 Å². The third-order valence-electron chi connectivity index (χ3n) is 5.86. The van der Waals surface area contributed by atoms with Gasteiger partial charge in [0, 0.05) is 35.5 Å². The van der Waals surface area contributed by atoms with Crippen molar-refractivity contribution in [2.24, 2.45) is 0 Å². The van der Waals surface area contributed by atoms with E-state index in [1.54, 1.807) is 48.8 Å². The van der Waals surface area contributed by atoms with Crippen LogP contribution < -0.4 is 4.72 Å². The van der Waals surface area contributed by atoms with Crippen molar-refractivity contribution in [3.63, 3.8) is 0 Å². The summed E-state index contributed by atoms with van der Waals surface area (Å²) < 4.78 is 51.9. The number of anilines is 1. The molecule has 0 aliphatic carbocycles. The summed E-state index contributed by atoms with van der Waals surface area (Å²) in [6, 6.07) is 9.21. The number of aromatic nitrogens is 3. The molecule has 2 N–H and O–H groups in total. The van der Waals surface area contributed by atoms with E-state index in [0.717, 1.165) is 6.26 Å². The number of carboxylic acids is 1. The fraction of sp³-hybridized carbons (Fsp3) is 0.333. The Morgan fingerprint density at radius 2 is 1.95 bits per heavy atom. The average Bonchev–Trinajstić information content (AvgIpc) is 2.87. The lowest BCUT2D eigenvalue weighted by Gasteiger charge is -2.34. The molecule has 0 radical (unpaired) electrons. The Hall–Kier alpha value is -3.74. The lowest BCUT2D eigenvalue weighted by atomic mass is 9.97. The van der Waals surface area contributed by atoms with Gasteiger partial charge in [-0.15, -0.1) is 0 Å². The van der Waals surface area contributed by atoms with E-state index < -0.39 is 40.3 Å². The van der Waals surface area contributed by atoms with Gasteiger partial charge in [0.1, 0.15) is 5.82 Å². The first-order valence-corrected chi connectivity index (χ1v) is 14.1. The average molecular weight is 557 g/mol. The number of pyridine rings is 1. The maximum absolute atomic E-state index is 13.7. The van der Waals surface area contributed by atoms with Crippen molar-refractivity contribution >= 4 is 28.0 Å². The molecule has 39 heavy (non-hydrogen) atoms. The molecule has 3 atom stereocenters. The number of benzene rings is 1. The van der Waals surface area contributed by atoms with Crippen molar-refractivity contribution in [2.75, 3.05) is 11.0 Å². The van der Waals surface area contributed by atoms with Crippen LogP contribution in [0.25, 0.3) is 17.3 Å². The SMILES string of the molecule is CC(C)c1nc(NS(C)(=O)=O)nc(-c2ccc(F)cc2)c1/C=C/[C@@H]1C[C@H](CC(=O)O)OC(c2cccnc2)O1. The van der Waals surface area contributed by atoms with Crippen LogP contribution in [0.5, 0.6) is 0 Å². The van der Waals surface area contributed by atoms with E-state index in [1.165, 1.54) is 12.1 Å². The Kier molecular flexibility index (Phi) is 8.68. The highest BCUT2D eigenvalue weighted by molar-refractivity contribution is 7.91. The highest BCUT2D eigenvalue weighted by atomic mass is 32.2. The third kappa shape index (κ3) is 7.65. The molecule has 4 rings (SSSR count). The van der Waals surface area contributed by atoms with Gasteiger partial charge >= 0.3 is 5.97 Å². The van der Waals surface area contributed by atoms with Crippen molar-refractivity contribution in [1.29, 1.82) is 0 Å². The molecule has 0 spiro atoms. The Morgan fingerprint density at radius 3 is 2.56 bits per heavy atom. The largest absolute Gasteiger partial charge is 0.481 e. The smallest absolute Gasteiger partial charge is 0.305 e. The van der Waals surface area contributed by atoms with E-state index in [-0.39, 0.29) is 24.7 Å². The second-order valence-electron chi connectivity index (χ2n) is 9.47. The topological polar surface area (TPSA) is 141 Å². The minimum absolute atomic E-state index is 0.0989. The molecule has 1 aliphatic rings. The van der Waals surface area contributed by atoms with Crippen LogP contribution in [0.1, 0.15) is 55.7 Å². The van der Waals surface area contributed by atoms with Crippen LogP contribution in [0.2, 0.25) is 0 Å². The molecular formula is C27H29FN4O6S. The zero-order valence-corrected chi connectivity index (χ0v) is 22.4. The molecule has 10 nitrogen and oxygen atoms in total. The van der Waals surface area contributed by atoms with E-state index in [1.807, 2.05) is 13.8 Å². The first-order chi connectivity index (χ1) is 18.5. The molecule has 1 unspecified atom stereocenters. The van der Waals surface area contributed by atoms with Crippen molar-refractivity contribution in [3.8, 4) is 11.3 Å². The molecule has 0 saturated carbocycles. The first-order valence-electron chi connectivity index (χ1n) is 12.2. The number of nitrogens with one attached hydrogen (secondary N) is 1. The maximum atomic E-state index is 13.7. The molecule has 1 aliphatic heterocycles. The highest BCUT2D eigenvalue weighted by Gasteiger charge is 2.31. The zero-order valence-electron chi connectivity index (χ0n) is 21.6. The van der Waals surface area contributed by atoms with Crippen molar-refractivity contribution < 1.29 is 32.2 Å². The van der Waals surface area contributed by atoms with Crippen molar-refractivity contribution in [1.82, 2.24) is 15.0 Å². The van der Waals surface area contributed by atoms with Crippen LogP contribution in [-0.4, -0.2) is 52.9 Å². The molecule has 3 heterocycles. The highest BCUT2D eigenvalue weighted by Crippen LogP contribution is 2.34. The van der Waals surface area contributed by atoms with Crippen LogP contribution in [0, 0.1) is 5.82 Å².